The molecule has 0 unspecified atom stereocenters. The molecule has 1 saturated heterocycles. The molecule has 0 aliphatic carbocycles. The number of nitrogens with two attached hydrogens (primary N) is 1. The lowest BCUT2D eigenvalue weighted by Gasteiger charge is -2.22. The van der Waals surface area contributed by atoms with Crippen molar-refractivity contribution in [1.82, 2.24) is 4.98 Å². The van der Waals surface area contributed by atoms with Gasteiger partial charge in [0, 0.05) is 24.8 Å². The molecular formula is C22H20ClN3O2. The monoisotopic (exact) mass is 393 g/mol. The van der Waals surface area contributed by atoms with Crippen LogP contribution in [0, 0.1) is 0 Å². The minimum atomic E-state index is -0.440. The average Bonchev–Trinajstić information content (AvgIpc) is 3.18. The van der Waals surface area contributed by atoms with Crippen molar-refractivity contribution >= 4 is 23.2 Å². The van der Waals surface area contributed by atoms with Crippen LogP contribution < -0.4 is 15.4 Å². The molecule has 28 heavy (non-hydrogen) atoms. The van der Waals surface area contributed by atoms with E-state index < -0.39 is 5.91 Å². The number of pyridine rings is 1. The molecule has 0 bridgehead atoms. The molecule has 142 valence electrons. The fourth-order valence-corrected chi connectivity index (χ4v) is 3.64. The summed E-state index contributed by atoms with van der Waals surface area (Å²) in [5.74, 6) is -0.00418. The quantitative estimate of drug-likeness (QED) is 0.706. The first kappa shape index (κ1) is 18.3. The maximum Gasteiger partial charge on any atom is 0.250 e. The summed E-state index contributed by atoms with van der Waals surface area (Å²) in [5.41, 5.74) is 9.03. The van der Waals surface area contributed by atoms with Crippen molar-refractivity contribution in [3.8, 4) is 17.0 Å². The van der Waals surface area contributed by atoms with Crippen LogP contribution in [0.1, 0.15) is 16.8 Å². The molecule has 1 aliphatic rings. The highest BCUT2D eigenvalue weighted by Gasteiger charge is 2.27. The number of primary amides is 1. The smallest absolute Gasteiger partial charge is 0.250 e. The van der Waals surface area contributed by atoms with Gasteiger partial charge >= 0.3 is 0 Å². The zero-order valence-electron chi connectivity index (χ0n) is 15.2. The molecule has 1 aliphatic heterocycles. The Balaban J connectivity index is 1.56. The molecule has 1 aromatic heterocycles. The molecule has 4 rings (SSSR count). The Hall–Kier alpha value is -3.05. The molecule has 0 spiro atoms. The summed E-state index contributed by atoms with van der Waals surface area (Å²) < 4.78 is 5.95. The van der Waals surface area contributed by atoms with E-state index in [4.69, 9.17) is 22.1 Å². The van der Waals surface area contributed by atoms with Crippen molar-refractivity contribution < 1.29 is 9.53 Å². The largest absolute Gasteiger partial charge is 0.471 e. The van der Waals surface area contributed by atoms with Crippen LogP contribution in [0.3, 0.4) is 0 Å². The number of carbonyl (C=O) groups excluding carboxylic acids is 1. The lowest BCUT2D eigenvalue weighted by molar-refractivity contribution is 0.100. The average molecular weight is 394 g/mol. The molecule has 2 aromatic carbocycles. The van der Waals surface area contributed by atoms with Gasteiger partial charge < -0.3 is 15.4 Å². The number of nitrogens with zero attached hydrogens (tertiary/aromatic N) is 2. The number of hydrogen-bond donors (Lipinski definition) is 1. The fourth-order valence-electron chi connectivity index (χ4n) is 3.48. The van der Waals surface area contributed by atoms with Gasteiger partial charge in [-0.1, -0.05) is 48.0 Å². The minimum absolute atomic E-state index is 0.0538. The van der Waals surface area contributed by atoms with Crippen LogP contribution in [0.2, 0.25) is 5.02 Å². The molecule has 5 nitrogen and oxygen atoms in total. The Morgan fingerprint density at radius 1 is 1.11 bits per heavy atom. The Bertz CT molecular complexity index is 994. The molecule has 1 amide bonds. The lowest BCUT2D eigenvalue weighted by Crippen LogP contribution is -2.27. The van der Waals surface area contributed by atoms with Crippen LogP contribution in [0.4, 0.5) is 5.69 Å². The number of halogens is 1. The number of carbonyl (C=O) groups is 1. The van der Waals surface area contributed by atoms with E-state index in [-0.39, 0.29) is 6.10 Å². The summed E-state index contributed by atoms with van der Waals surface area (Å²) in [6.45, 7) is 1.40. The molecule has 6 heteroatoms. The second kappa shape index (κ2) is 7.90. The van der Waals surface area contributed by atoms with Crippen LogP contribution in [-0.2, 0) is 0 Å². The van der Waals surface area contributed by atoms with Crippen LogP contribution in [0.25, 0.3) is 11.1 Å². The fraction of sp³-hybridized carbons (Fsp3) is 0.182. The van der Waals surface area contributed by atoms with Gasteiger partial charge in [-0.05, 0) is 35.4 Å². The maximum absolute atomic E-state index is 12.1. The third-order valence-electron chi connectivity index (χ3n) is 4.86. The van der Waals surface area contributed by atoms with E-state index in [0.29, 0.717) is 23.0 Å². The van der Waals surface area contributed by atoms with Gasteiger partial charge in [-0.25, -0.2) is 4.98 Å². The first-order valence-electron chi connectivity index (χ1n) is 9.13. The van der Waals surface area contributed by atoms with Gasteiger partial charge in [-0.2, -0.15) is 0 Å². The molecule has 0 radical (unpaired) electrons. The van der Waals surface area contributed by atoms with Gasteiger partial charge in [0.25, 0.3) is 5.91 Å². The molecule has 0 saturated carbocycles. The Kier molecular flexibility index (Phi) is 5.17. The van der Waals surface area contributed by atoms with E-state index in [1.165, 1.54) is 0 Å². The Morgan fingerprint density at radius 2 is 1.93 bits per heavy atom. The summed E-state index contributed by atoms with van der Waals surface area (Å²) in [7, 11) is 0. The number of anilines is 1. The summed E-state index contributed by atoms with van der Waals surface area (Å²) >= 11 is 6.14. The Morgan fingerprint density at radius 3 is 2.68 bits per heavy atom. The zero-order valence-corrected chi connectivity index (χ0v) is 16.0. The highest BCUT2D eigenvalue weighted by atomic mass is 35.5. The molecule has 1 atom stereocenters. The topological polar surface area (TPSA) is 68.5 Å². The van der Waals surface area contributed by atoms with E-state index >= 15 is 0 Å². The minimum Gasteiger partial charge on any atom is -0.471 e. The highest BCUT2D eigenvalue weighted by molar-refractivity contribution is 6.31. The van der Waals surface area contributed by atoms with Crippen LogP contribution in [-0.4, -0.2) is 30.1 Å². The zero-order chi connectivity index (χ0) is 19.5. The van der Waals surface area contributed by atoms with Gasteiger partial charge in [0.1, 0.15) is 11.1 Å². The maximum atomic E-state index is 12.1. The van der Waals surface area contributed by atoms with Crippen LogP contribution >= 0.6 is 11.6 Å². The second-order valence-electron chi connectivity index (χ2n) is 6.73. The molecular weight excluding hydrogens is 374 g/mol. The Labute approximate surface area is 168 Å². The van der Waals surface area contributed by atoms with Crippen molar-refractivity contribution in [2.24, 2.45) is 5.73 Å². The molecule has 3 aromatic rings. The van der Waals surface area contributed by atoms with Crippen molar-refractivity contribution in [2.45, 2.75) is 12.5 Å². The van der Waals surface area contributed by atoms with Crippen molar-refractivity contribution in [3.63, 3.8) is 0 Å². The third kappa shape index (κ3) is 3.80. The van der Waals surface area contributed by atoms with Gasteiger partial charge in [0.2, 0.25) is 5.88 Å². The number of aromatic nitrogens is 1. The predicted molar refractivity (Wildman–Crippen MR) is 111 cm³/mol. The van der Waals surface area contributed by atoms with E-state index in [1.54, 1.807) is 18.3 Å². The van der Waals surface area contributed by atoms with Crippen LogP contribution in [0.15, 0.2) is 66.9 Å². The van der Waals surface area contributed by atoms with Crippen molar-refractivity contribution in [1.29, 1.82) is 0 Å². The molecule has 2 N–H and O–H groups in total. The van der Waals surface area contributed by atoms with E-state index in [9.17, 15) is 4.79 Å². The number of amides is 1. The van der Waals surface area contributed by atoms with Gasteiger partial charge in [-0.3, -0.25) is 4.79 Å². The number of hydrogen-bond acceptors (Lipinski definition) is 4. The molecule has 1 fully saturated rings. The first-order valence-corrected chi connectivity index (χ1v) is 9.51. The predicted octanol–water partition coefficient (Wildman–Crippen LogP) is 4.16. The van der Waals surface area contributed by atoms with E-state index in [0.717, 1.165) is 29.8 Å². The van der Waals surface area contributed by atoms with Gasteiger partial charge in [0.15, 0.2) is 0 Å². The summed E-state index contributed by atoms with van der Waals surface area (Å²) in [6.07, 6.45) is 2.41. The summed E-state index contributed by atoms with van der Waals surface area (Å²) in [6, 6.07) is 19.3. The third-order valence-corrected chi connectivity index (χ3v) is 5.15. The van der Waals surface area contributed by atoms with Crippen molar-refractivity contribution in [2.75, 3.05) is 18.0 Å². The SMILES string of the molecule is NC(=O)c1cc(-c2ccccc2)ccc1N1CC[C@@H](Oc2ncccc2Cl)C1. The number of ether oxygens (including phenoxy) is 1. The normalized spacial score (nSPS) is 16.2. The highest BCUT2D eigenvalue weighted by Crippen LogP contribution is 2.31. The van der Waals surface area contributed by atoms with Gasteiger partial charge in [-0.15, -0.1) is 0 Å². The second-order valence-corrected chi connectivity index (χ2v) is 7.13. The number of rotatable bonds is 5. The lowest BCUT2D eigenvalue weighted by atomic mass is 10.0. The first-order chi connectivity index (χ1) is 13.6. The summed E-state index contributed by atoms with van der Waals surface area (Å²) in [4.78, 5) is 18.4. The summed E-state index contributed by atoms with van der Waals surface area (Å²) in [5, 5.41) is 0.492. The van der Waals surface area contributed by atoms with E-state index in [1.807, 2.05) is 48.5 Å². The van der Waals surface area contributed by atoms with Crippen LogP contribution in [0.5, 0.6) is 5.88 Å². The van der Waals surface area contributed by atoms with Gasteiger partial charge in [0.05, 0.1) is 12.1 Å². The van der Waals surface area contributed by atoms with Crippen molar-refractivity contribution in [3.05, 3.63) is 77.4 Å². The number of benzene rings is 2. The molecule has 2 heterocycles. The standard InChI is InChI=1S/C22H20ClN3O2/c23-19-7-4-11-25-22(19)28-17-10-12-26(14-17)20-9-8-16(13-18(20)21(24)27)15-5-2-1-3-6-15/h1-9,11,13,17H,10,12,14H2,(H2,24,27)/t17-/m1/s1. The van der Waals surface area contributed by atoms with E-state index in [2.05, 4.69) is 9.88 Å².